The van der Waals surface area contributed by atoms with Gasteiger partial charge in [-0.05, 0) is 34.0 Å². The molecule has 1 aromatic carbocycles. The van der Waals surface area contributed by atoms with Gasteiger partial charge in [0.05, 0.1) is 15.6 Å². The Morgan fingerprint density at radius 2 is 2.15 bits per heavy atom. The van der Waals surface area contributed by atoms with Crippen LogP contribution in [-0.4, -0.2) is 28.9 Å². The van der Waals surface area contributed by atoms with Crippen LogP contribution in [0.3, 0.4) is 0 Å². The molecule has 0 aliphatic heterocycles. The first kappa shape index (κ1) is 17.4. The third-order valence-electron chi connectivity index (χ3n) is 2.68. The van der Waals surface area contributed by atoms with Crippen LogP contribution in [0.25, 0.3) is 0 Å². The Balaban J connectivity index is 2.96. The van der Waals surface area contributed by atoms with Crippen molar-refractivity contribution in [3.05, 3.63) is 33.3 Å². The molecule has 6 heteroatoms. The quantitative estimate of drug-likeness (QED) is 0.765. The Bertz CT molecular complexity index is 508. The third kappa shape index (κ3) is 5.04. The summed E-state index contributed by atoms with van der Waals surface area (Å²) in [4.78, 5) is 14.8. The highest BCUT2D eigenvalue weighted by atomic mass is 79.9. The molecule has 0 saturated heterocycles. The van der Waals surface area contributed by atoms with Crippen LogP contribution in [0.5, 0.6) is 0 Å². The van der Waals surface area contributed by atoms with Crippen LogP contribution in [0.15, 0.2) is 22.7 Å². The molecule has 110 valence electrons. The lowest BCUT2D eigenvalue weighted by molar-refractivity contribution is 0.0741. The fourth-order valence-electron chi connectivity index (χ4n) is 1.80. The van der Waals surface area contributed by atoms with E-state index in [1.165, 1.54) is 0 Å². The fourth-order valence-corrected chi connectivity index (χ4v) is 2.47. The molecule has 2 N–H and O–H groups in total. The zero-order chi connectivity index (χ0) is 15.3. The summed E-state index contributed by atoms with van der Waals surface area (Å²) in [6.07, 6.45) is 0.513. The standard InChI is InChI=1S/C14H18BrClN2OS/c1-9(2)8-18(7-6-12(17)20)14(19)10-4-3-5-11(15)13(10)16/h3-5,9H,6-8H2,1-2H3,(H2,17,20). The molecular weight excluding hydrogens is 360 g/mol. The smallest absolute Gasteiger partial charge is 0.255 e. The SMILES string of the molecule is CC(C)CN(CCC(N)=S)C(=O)c1cccc(Br)c1Cl. The Hall–Kier alpha value is -0.650. The lowest BCUT2D eigenvalue weighted by Crippen LogP contribution is -2.36. The maximum Gasteiger partial charge on any atom is 0.255 e. The van der Waals surface area contributed by atoms with Gasteiger partial charge in [-0.15, -0.1) is 0 Å². The summed E-state index contributed by atoms with van der Waals surface area (Å²) in [5.74, 6) is 0.262. The lowest BCUT2D eigenvalue weighted by atomic mass is 10.1. The number of amides is 1. The van der Waals surface area contributed by atoms with E-state index in [1.807, 2.05) is 0 Å². The molecule has 0 fully saturated rings. The van der Waals surface area contributed by atoms with E-state index < -0.39 is 0 Å². The molecule has 0 aliphatic carbocycles. The van der Waals surface area contributed by atoms with Crippen LogP contribution in [0.2, 0.25) is 5.02 Å². The number of carbonyl (C=O) groups excluding carboxylic acids is 1. The molecular formula is C14H18BrClN2OS. The number of nitrogens with two attached hydrogens (primary N) is 1. The van der Waals surface area contributed by atoms with Gasteiger partial charge in [0.25, 0.3) is 5.91 Å². The van der Waals surface area contributed by atoms with Crippen LogP contribution < -0.4 is 5.73 Å². The van der Waals surface area contributed by atoms with Crippen molar-refractivity contribution in [1.82, 2.24) is 4.90 Å². The minimum absolute atomic E-state index is 0.0961. The topological polar surface area (TPSA) is 46.3 Å². The molecule has 0 bridgehead atoms. The predicted octanol–water partition coefficient (Wildman–Crippen LogP) is 3.88. The van der Waals surface area contributed by atoms with Crippen molar-refractivity contribution in [3.63, 3.8) is 0 Å². The summed E-state index contributed by atoms with van der Waals surface area (Å²) in [6.45, 7) is 5.27. The van der Waals surface area contributed by atoms with E-state index >= 15 is 0 Å². The summed E-state index contributed by atoms with van der Waals surface area (Å²) < 4.78 is 0.712. The largest absolute Gasteiger partial charge is 0.393 e. The van der Waals surface area contributed by atoms with Gasteiger partial charge in [-0.3, -0.25) is 4.79 Å². The van der Waals surface area contributed by atoms with Gasteiger partial charge >= 0.3 is 0 Å². The van der Waals surface area contributed by atoms with Gasteiger partial charge in [0.1, 0.15) is 0 Å². The molecule has 20 heavy (non-hydrogen) atoms. The van der Waals surface area contributed by atoms with Crippen molar-refractivity contribution in [2.45, 2.75) is 20.3 Å². The molecule has 0 saturated carbocycles. The maximum absolute atomic E-state index is 12.6. The van der Waals surface area contributed by atoms with Crippen molar-refractivity contribution in [1.29, 1.82) is 0 Å². The van der Waals surface area contributed by atoms with E-state index in [4.69, 9.17) is 29.6 Å². The zero-order valence-corrected chi connectivity index (χ0v) is 14.7. The predicted molar refractivity (Wildman–Crippen MR) is 91.3 cm³/mol. The molecule has 0 heterocycles. The Kier molecular flexibility index (Phi) is 6.92. The number of thiocarbonyl (C=S) groups is 1. The zero-order valence-electron chi connectivity index (χ0n) is 11.5. The van der Waals surface area contributed by atoms with Crippen LogP contribution in [0.1, 0.15) is 30.6 Å². The number of nitrogens with zero attached hydrogens (tertiary/aromatic N) is 1. The molecule has 0 unspecified atom stereocenters. The average Bonchev–Trinajstić information content (AvgIpc) is 2.36. The van der Waals surface area contributed by atoms with Gasteiger partial charge in [0.15, 0.2) is 0 Å². The second-order valence-electron chi connectivity index (χ2n) is 4.96. The van der Waals surface area contributed by atoms with E-state index in [1.54, 1.807) is 23.1 Å². The van der Waals surface area contributed by atoms with E-state index in [0.717, 1.165) is 0 Å². The second kappa shape index (κ2) is 7.96. The molecule has 0 spiro atoms. The minimum Gasteiger partial charge on any atom is -0.393 e. The second-order valence-corrected chi connectivity index (χ2v) is 6.72. The highest BCUT2D eigenvalue weighted by Crippen LogP contribution is 2.27. The van der Waals surface area contributed by atoms with Gasteiger partial charge in [-0.2, -0.15) is 0 Å². The van der Waals surface area contributed by atoms with Crippen LogP contribution in [-0.2, 0) is 0 Å². The van der Waals surface area contributed by atoms with Crippen molar-refractivity contribution in [2.75, 3.05) is 13.1 Å². The van der Waals surface area contributed by atoms with Gasteiger partial charge in [-0.25, -0.2) is 0 Å². The summed E-state index contributed by atoms with van der Waals surface area (Å²) in [6, 6.07) is 5.33. The van der Waals surface area contributed by atoms with E-state index in [9.17, 15) is 4.79 Å². The molecule has 1 rings (SSSR count). The molecule has 0 aliphatic rings. The van der Waals surface area contributed by atoms with Crippen molar-refractivity contribution < 1.29 is 4.79 Å². The third-order valence-corrected chi connectivity index (χ3v) is 4.18. The Morgan fingerprint density at radius 1 is 1.50 bits per heavy atom. The number of hydrogen-bond donors (Lipinski definition) is 1. The first-order valence-corrected chi connectivity index (χ1v) is 7.92. The van der Waals surface area contributed by atoms with Gasteiger partial charge in [0.2, 0.25) is 0 Å². The fraction of sp³-hybridized carbons (Fsp3) is 0.429. The Labute approximate surface area is 138 Å². The highest BCUT2D eigenvalue weighted by molar-refractivity contribution is 9.10. The monoisotopic (exact) mass is 376 g/mol. The summed E-state index contributed by atoms with van der Waals surface area (Å²) in [5, 5.41) is 0.432. The van der Waals surface area contributed by atoms with Crippen molar-refractivity contribution >= 4 is 50.6 Å². The number of benzene rings is 1. The first-order chi connectivity index (χ1) is 9.32. The normalized spacial score (nSPS) is 10.7. The van der Waals surface area contributed by atoms with Gasteiger partial charge < -0.3 is 10.6 Å². The molecule has 1 amide bonds. The number of carbonyl (C=O) groups is 1. The molecule has 0 atom stereocenters. The van der Waals surface area contributed by atoms with E-state index in [-0.39, 0.29) is 5.91 Å². The van der Waals surface area contributed by atoms with Crippen molar-refractivity contribution in [2.24, 2.45) is 11.7 Å². The highest BCUT2D eigenvalue weighted by Gasteiger charge is 2.20. The molecule has 1 aromatic rings. The first-order valence-electron chi connectivity index (χ1n) is 6.34. The number of halogens is 2. The maximum atomic E-state index is 12.6. The van der Waals surface area contributed by atoms with Gasteiger partial charge in [-0.1, -0.05) is 43.7 Å². The van der Waals surface area contributed by atoms with Crippen LogP contribution in [0, 0.1) is 5.92 Å². The number of hydrogen-bond acceptors (Lipinski definition) is 2. The van der Waals surface area contributed by atoms with E-state index in [0.29, 0.717) is 45.5 Å². The average molecular weight is 378 g/mol. The van der Waals surface area contributed by atoms with Crippen molar-refractivity contribution in [3.8, 4) is 0 Å². The lowest BCUT2D eigenvalue weighted by Gasteiger charge is -2.25. The molecule has 3 nitrogen and oxygen atoms in total. The van der Waals surface area contributed by atoms with Crippen LogP contribution >= 0.6 is 39.7 Å². The molecule has 0 radical (unpaired) electrons. The molecule has 0 aromatic heterocycles. The summed E-state index contributed by atoms with van der Waals surface area (Å²) in [5.41, 5.74) is 6.01. The van der Waals surface area contributed by atoms with Crippen LogP contribution in [0.4, 0.5) is 0 Å². The number of rotatable bonds is 6. The van der Waals surface area contributed by atoms with E-state index in [2.05, 4.69) is 29.8 Å². The summed E-state index contributed by atoms with van der Waals surface area (Å²) >= 11 is 14.4. The van der Waals surface area contributed by atoms with Gasteiger partial charge in [0, 0.05) is 24.0 Å². The Morgan fingerprint density at radius 3 is 2.70 bits per heavy atom. The summed E-state index contributed by atoms with van der Waals surface area (Å²) in [7, 11) is 0. The minimum atomic E-state index is -0.0961.